The van der Waals surface area contributed by atoms with Crippen LogP contribution in [0.3, 0.4) is 0 Å². The molecule has 7 nitrogen and oxygen atoms in total. The molecular weight excluding hydrogens is 498 g/mol. The standard InChI is InChI=1S/C33H45N5O2/c1-6-25(39)10-8-7-9-11-28(37-31(40)26-19-33(26)16-17-38(5)32(3,4)21-33)30-34-20-29(36-30)24-14-15-27-23(18-24)13-12-22(2)35-27/h12-15,18,20,26,28H,6-11,16-17,19,21H2,1-5H3,(H,34,36)(H,37,40)/t26?,28-,33?/m0/s1. The Morgan fingerprint density at radius 3 is 2.77 bits per heavy atom. The Hall–Kier alpha value is -3.06. The van der Waals surface area contributed by atoms with E-state index in [9.17, 15) is 9.59 Å². The van der Waals surface area contributed by atoms with Gasteiger partial charge in [0, 0.05) is 40.9 Å². The maximum absolute atomic E-state index is 13.6. The molecule has 3 aromatic rings. The summed E-state index contributed by atoms with van der Waals surface area (Å²) in [6.07, 6.45) is 9.85. The van der Waals surface area contributed by atoms with Crippen LogP contribution in [0.25, 0.3) is 22.2 Å². The van der Waals surface area contributed by atoms with Gasteiger partial charge < -0.3 is 15.2 Å². The Kier molecular flexibility index (Phi) is 8.14. The van der Waals surface area contributed by atoms with Crippen molar-refractivity contribution < 1.29 is 9.59 Å². The van der Waals surface area contributed by atoms with E-state index in [-0.39, 0.29) is 28.8 Å². The van der Waals surface area contributed by atoms with Gasteiger partial charge >= 0.3 is 0 Å². The number of pyridine rings is 1. The van der Waals surface area contributed by atoms with Crippen LogP contribution in [0.5, 0.6) is 0 Å². The predicted octanol–water partition coefficient (Wildman–Crippen LogP) is 6.53. The Morgan fingerprint density at radius 1 is 1.18 bits per heavy atom. The van der Waals surface area contributed by atoms with Crippen molar-refractivity contribution in [2.45, 2.75) is 97.1 Å². The van der Waals surface area contributed by atoms with Gasteiger partial charge in [0.2, 0.25) is 5.91 Å². The van der Waals surface area contributed by atoms with E-state index in [0.29, 0.717) is 18.6 Å². The summed E-state index contributed by atoms with van der Waals surface area (Å²) in [5, 5.41) is 4.48. The van der Waals surface area contributed by atoms with E-state index in [4.69, 9.17) is 4.98 Å². The maximum Gasteiger partial charge on any atom is 0.224 e. The molecule has 3 heterocycles. The van der Waals surface area contributed by atoms with E-state index in [2.05, 4.69) is 59.3 Å². The number of hydrogen-bond acceptors (Lipinski definition) is 5. The normalized spacial score (nSPS) is 22.9. The van der Waals surface area contributed by atoms with Gasteiger partial charge in [-0.2, -0.15) is 0 Å². The van der Waals surface area contributed by atoms with Gasteiger partial charge in [-0.1, -0.05) is 31.9 Å². The van der Waals surface area contributed by atoms with Crippen molar-refractivity contribution in [3.63, 3.8) is 0 Å². The molecule has 1 amide bonds. The van der Waals surface area contributed by atoms with Crippen LogP contribution in [0.1, 0.15) is 96.1 Å². The van der Waals surface area contributed by atoms with Crippen LogP contribution in [-0.2, 0) is 9.59 Å². The molecule has 1 saturated heterocycles. The number of imidazole rings is 1. The number of carbonyl (C=O) groups excluding carboxylic acids is 2. The molecular formula is C33H45N5O2. The largest absolute Gasteiger partial charge is 0.346 e. The summed E-state index contributed by atoms with van der Waals surface area (Å²) in [5.41, 5.74) is 4.22. The zero-order valence-electron chi connectivity index (χ0n) is 24.8. The van der Waals surface area contributed by atoms with Gasteiger partial charge in [0.05, 0.1) is 23.4 Å². The lowest BCUT2D eigenvalue weighted by Crippen LogP contribution is -2.49. The van der Waals surface area contributed by atoms with Crippen molar-refractivity contribution in [3.05, 3.63) is 48.0 Å². The number of fused-ring (bicyclic) bond motifs is 1. The number of nitrogens with one attached hydrogen (secondary N) is 2. The molecule has 2 unspecified atom stereocenters. The van der Waals surface area contributed by atoms with Crippen molar-refractivity contribution in [1.82, 2.24) is 25.2 Å². The van der Waals surface area contributed by atoms with Crippen LogP contribution in [0.15, 0.2) is 36.5 Å². The first-order valence-corrected chi connectivity index (χ1v) is 15.1. The minimum atomic E-state index is -0.176. The topological polar surface area (TPSA) is 91.0 Å². The highest BCUT2D eigenvalue weighted by Crippen LogP contribution is 2.62. The molecule has 1 aliphatic carbocycles. The highest BCUT2D eigenvalue weighted by molar-refractivity contribution is 5.84. The zero-order chi connectivity index (χ0) is 28.5. The van der Waals surface area contributed by atoms with Gasteiger partial charge in [-0.15, -0.1) is 0 Å². The van der Waals surface area contributed by atoms with Crippen LogP contribution in [0.2, 0.25) is 0 Å². The Bertz CT molecular complexity index is 1380. The SMILES string of the molecule is CCC(=O)CCCCC[C@H](NC(=O)C1CC12CCN(C)C(C)(C)C2)c1ncc(-c2ccc3nc(C)ccc3c2)[nH]1. The summed E-state index contributed by atoms with van der Waals surface area (Å²) < 4.78 is 0. The predicted molar refractivity (Wildman–Crippen MR) is 160 cm³/mol. The fourth-order valence-corrected chi connectivity index (χ4v) is 6.60. The number of H-pyrrole nitrogens is 1. The molecule has 2 N–H and O–H groups in total. The number of unbranched alkanes of at least 4 members (excludes halogenated alkanes) is 2. The number of aromatic amines is 1. The molecule has 1 aliphatic heterocycles. The van der Waals surface area contributed by atoms with Crippen LogP contribution in [0, 0.1) is 18.3 Å². The Morgan fingerprint density at radius 2 is 2.00 bits per heavy atom. The minimum Gasteiger partial charge on any atom is -0.346 e. The molecule has 7 heteroatoms. The molecule has 1 saturated carbocycles. The van der Waals surface area contributed by atoms with Gasteiger partial charge in [0.25, 0.3) is 0 Å². The fraction of sp³-hybridized carbons (Fsp3) is 0.576. The first-order chi connectivity index (χ1) is 19.1. The number of ketones is 1. The van der Waals surface area contributed by atoms with Gasteiger partial charge in [-0.3, -0.25) is 14.6 Å². The van der Waals surface area contributed by atoms with E-state index in [1.807, 2.05) is 32.2 Å². The molecule has 214 valence electrons. The van der Waals surface area contributed by atoms with Crippen LogP contribution < -0.4 is 5.32 Å². The molecule has 2 aliphatic rings. The first kappa shape index (κ1) is 28.5. The zero-order valence-corrected chi connectivity index (χ0v) is 24.8. The van der Waals surface area contributed by atoms with Crippen molar-refractivity contribution in [2.24, 2.45) is 11.3 Å². The minimum absolute atomic E-state index is 0.0797. The molecule has 40 heavy (non-hydrogen) atoms. The molecule has 0 bridgehead atoms. The van der Waals surface area contributed by atoms with Crippen molar-refractivity contribution in [1.29, 1.82) is 0 Å². The summed E-state index contributed by atoms with van der Waals surface area (Å²) in [6.45, 7) is 9.55. The van der Waals surface area contributed by atoms with E-state index in [1.165, 1.54) is 0 Å². The highest BCUT2D eigenvalue weighted by Gasteiger charge is 2.61. The van der Waals surface area contributed by atoms with E-state index < -0.39 is 0 Å². The Balaban J connectivity index is 1.30. The van der Waals surface area contributed by atoms with Crippen molar-refractivity contribution in [2.75, 3.05) is 13.6 Å². The number of likely N-dealkylation sites (tertiary alicyclic amines) is 1. The number of carbonyl (C=O) groups is 2. The van der Waals surface area contributed by atoms with E-state index in [0.717, 1.165) is 85.2 Å². The van der Waals surface area contributed by atoms with Gasteiger partial charge in [0.15, 0.2) is 0 Å². The number of aromatic nitrogens is 3. The van der Waals surface area contributed by atoms with Crippen LogP contribution >= 0.6 is 0 Å². The van der Waals surface area contributed by atoms with E-state index >= 15 is 0 Å². The maximum atomic E-state index is 13.6. The van der Waals surface area contributed by atoms with Gasteiger partial charge in [-0.25, -0.2) is 4.98 Å². The third kappa shape index (κ3) is 6.14. The molecule has 2 aromatic heterocycles. The second-order valence-electron chi connectivity index (χ2n) is 12.9. The summed E-state index contributed by atoms with van der Waals surface area (Å²) in [7, 11) is 2.19. The number of hydrogen-bond donors (Lipinski definition) is 2. The summed E-state index contributed by atoms with van der Waals surface area (Å²) in [5.74, 6) is 1.36. The molecule has 5 rings (SSSR count). The number of nitrogens with zero attached hydrogens (tertiary/aromatic N) is 3. The quantitative estimate of drug-likeness (QED) is 0.268. The summed E-state index contributed by atoms with van der Waals surface area (Å²) in [4.78, 5) is 40.6. The van der Waals surface area contributed by atoms with Crippen LogP contribution in [0.4, 0.5) is 0 Å². The van der Waals surface area contributed by atoms with Crippen molar-refractivity contribution in [3.8, 4) is 11.3 Å². The smallest absolute Gasteiger partial charge is 0.224 e. The number of piperidine rings is 1. The first-order valence-electron chi connectivity index (χ1n) is 15.1. The third-order valence-electron chi connectivity index (χ3n) is 9.49. The van der Waals surface area contributed by atoms with E-state index in [1.54, 1.807) is 0 Å². The lowest BCUT2D eigenvalue weighted by molar-refractivity contribution is -0.124. The fourth-order valence-electron chi connectivity index (χ4n) is 6.60. The molecule has 2 fully saturated rings. The van der Waals surface area contributed by atoms with Gasteiger partial charge in [0.1, 0.15) is 11.6 Å². The molecule has 1 aromatic carbocycles. The number of rotatable bonds is 11. The number of benzene rings is 1. The highest BCUT2D eigenvalue weighted by atomic mass is 16.2. The molecule has 3 atom stereocenters. The van der Waals surface area contributed by atoms with Gasteiger partial charge in [-0.05, 0) is 90.1 Å². The van der Waals surface area contributed by atoms with Crippen LogP contribution in [-0.4, -0.2) is 50.7 Å². The molecule has 1 spiro atoms. The second kappa shape index (κ2) is 11.4. The number of aryl methyl sites for hydroxylation is 1. The lowest BCUT2D eigenvalue weighted by Gasteiger charge is -2.44. The van der Waals surface area contributed by atoms with Crippen molar-refractivity contribution >= 4 is 22.6 Å². The second-order valence-corrected chi connectivity index (χ2v) is 12.9. The monoisotopic (exact) mass is 543 g/mol. The number of amides is 1. The third-order valence-corrected chi connectivity index (χ3v) is 9.49. The number of Topliss-reactive ketones (excluding diaryl/α,β-unsaturated/α-hetero) is 1. The lowest BCUT2D eigenvalue weighted by atomic mass is 9.79. The Labute approximate surface area is 238 Å². The molecule has 0 radical (unpaired) electrons. The summed E-state index contributed by atoms with van der Waals surface area (Å²) >= 11 is 0. The average Bonchev–Trinajstić information content (AvgIpc) is 3.38. The summed E-state index contributed by atoms with van der Waals surface area (Å²) in [6, 6.07) is 10.2. The average molecular weight is 544 g/mol.